The highest BCUT2D eigenvalue weighted by Gasteiger charge is 2.34. The minimum absolute atomic E-state index is 0.402. The lowest BCUT2D eigenvalue weighted by molar-refractivity contribution is 0.106. The Hall–Kier alpha value is -1.70. The van der Waals surface area contributed by atoms with Gasteiger partial charge in [0.1, 0.15) is 0 Å². The maximum Gasteiger partial charge on any atom is 0.300 e. The Kier molecular flexibility index (Phi) is 3.98. The molecule has 0 aliphatic carbocycles. The van der Waals surface area contributed by atoms with Crippen LogP contribution in [-0.2, 0) is 9.09 Å². The molecule has 98 valence electrons. The van der Waals surface area contributed by atoms with Gasteiger partial charge in [-0.05, 0) is 19.1 Å². The van der Waals surface area contributed by atoms with Gasteiger partial charge in [-0.2, -0.15) is 0 Å². The van der Waals surface area contributed by atoms with Gasteiger partial charge >= 0.3 is 7.37 Å². The van der Waals surface area contributed by atoms with Crippen LogP contribution in [0.2, 0.25) is 0 Å². The number of rotatable bonds is 4. The maximum atomic E-state index is 12.8. The lowest BCUT2D eigenvalue weighted by atomic mass is 10.2. The number of carbonyl (C=O) groups is 1. The average molecular weight is 274 g/mol. The van der Waals surface area contributed by atoms with Crippen LogP contribution in [0, 0.1) is 6.92 Å². The third kappa shape index (κ3) is 2.67. The predicted molar refractivity (Wildman–Crippen MR) is 76.2 cm³/mol. The number of aryl methyl sites for hydroxylation is 1. The van der Waals surface area contributed by atoms with Gasteiger partial charge in [-0.25, -0.2) is 0 Å². The van der Waals surface area contributed by atoms with Crippen molar-refractivity contribution in [2.24, 2.45) is 0 Å². The van der Waals surface area contributed by atoms with Gasteiger partial charge in [0.2, 0.25) is 0 Å². The molecule has 4 heteroatoms. The van der Waals surface area contributed by atoms with Crippen LogP contribution in [0.25, 0.3) is 0 Å². The Balaban J connectivity index is 2.45. The van der Waals surface area contributed by atoms with E-state index in [-0.39, 0.29) is 0 Å². The molecule has 0 amide bonds. The fraction of sp³-hybridized carbons (Fsp3) is 0.133. The molecule has 0 aliphatic rings. The van der Waals surface area contributed by atoms with E-state index >= 15 is 0 Å². The van der Waals surface area contributed by atoms with Crippen molar-refractivity contribution < 1.29 is 13.9 Å². The molecule has 0 N–H and O–H groups in total. The van der Waals surface area contributed by atoms with Crippen molar-refractivity contribution in [3.05, 3.63) is 65.7 Å². The molecule has 0 saturated heterocycles. The second-order valence-electron chi connectivity index (χ2n) is 4.24. The Bertz CT molecular complexity index is 618. The summed E-state index contributed by atoms with van der Waals surface area (Å²) in [5, 5.41) is 0.420. The van der Waals surface area contributed by atoms with Crippen LogP contribution in [0.4, 0.5) is 0 Å². The largest absolute Gasteiger partial charge is 0.323 e. The van der Waals surface area contributed by atoms with Gasteiger partial charge in [0.05, 0.1) is 0 Å². The third-order valence-electron chi connectivity index (χ3n) is 2.92. The van der Waals surface area contributed by atoms with Crippen LogP contribution in [-0.4, -0.2) is 12.6 Å². The highest BCUT2D eigenvalue weighted by molar-refractivity contribution is 7.83. The molecule has 0 spiro atoms. The van der Waals surface area contributed by atoms with Crippen LogP contribution >= 0.6 is 7.37 Å². The van der Waals surface area contributed by atoms with Gasteiger partial charge in [0.25, 0.3) is 5.52 Å². The summed E-state index contributed by atoms with van der Waals surface area (Å²) < 4.78 is 17.9. The van der Waals surface area contributed by atoms with E-state index in [9.17, 15) is 9.36 Å². The fourth-order valence-electron chi connectivity index (χ4n) is 1.80. The molecule has 2 aromatic rings. The van der Waals surface area contributed by atoms with Gasteiger partial charge < -0.3 is 4.52 Å². The summed E-state index contributed by atoms with van der Waals surface area (Å²) in [4.78, 5) is 12.4. The first-order valence-corrected chi connectivity index (χ1v) is 7.53. The van der Waals surface area contributed by atoms with Crippen molar-refractivity contribution in [1.29, 1.82) is 0 Å². The van der Waals surface area contributed by atoms with Crippen LogP contribution in [0.5, 0.6) is 0 Å². The summed E-state index contributed by atoms with van der Waals surface area (Å²) in [7, 11) is -2.21. The Morgan fingerprint density at radius 1 is 1.00 bits per heavy atom. The molecule has 0 saturated carbocycles. The molecule has 2 rings (SSSR count). The highest BCUT2D eigenvalue weighted by atomic mass is 31.2. The second-order valence-corrected chi connectivity index (χ2v) is 6.63. The zero-order chi connectivity index (χ0) is 13.9. The lowest BCUT2D eigenvalue weighted by Gasteiger charge is -2.15. The van der Waals surface area contributed by atoms with Crippen molar-refractivity contribution >= 4 is 18.2 Å². The minimum Gasteiger partial charge on any atom is -0.323 e. The summed E-state index contributed by atoms with van der Waals surface area (Å²) in [6.07, 6.45) is 0. The topological polar surface area (TPSA) is 43.4 Å². The summed E-state index contributed by atoms with van der Waals surface area (Å²) >= 11 is 0. The molecule has 0 radical (unpaired) electrons. The molecule has 0 aliphatic heterocycles. The fourth-order valence-corrected chi connectivity index (χ4v) is 3.46. The van der Waals surface area contributed by atoms with Crippen LogP contribution in [0.3, 0.4) is 0 Å². The van der Waals surface area contributed by atoms with Crippen molar-refractivity contribution in [3.63, 3.8) is 0 Å². The van der Waals surface area contributed by atoms with Crippen LogP contribution < -0.4 is 5.30 Å². The van der Waals surface area contributed by atoms with Gasteiger partial charge in [-0.1, -0.05) is 48.0 Å². The molecule has 3 nitrogen and oxygen atoms in total. The van der Waals surface area contributed by atoms with E-state index < -0.39 is 12.9 Å². The third-order valence-corrected chi connectivity index (χ3v) is 5.20. The molecule has 1 atom stereocenters. The van der Waals surface area contributed by atoms with E-state index in [1.165, 1.54) is 7.11 Å². The number of carbonyl (C=O) groups excluding carboxylic acids is 1. The standard InChI is InChI=1S/C15H15O3P/c1-12-8-10-13(11-9-12)15(16)19(17,18-2)14-6-4-3-5-7-14/h3-11H,1-2H3. The SMILES string of the molecule is COP(=O)(C(=O)c1ccc(C)cc1)c1ccccc1. The van der Waals surface area contributed by atoms with Gasteiger partial charge in [0.15, 0.2) is 0 Å². The monoisotopic (exact) mass is 274 g/mol. The maximum absolute atomic E-state index is 12.8. The van der Waals surface area contributed by atoms with E-state index in [4.69, 9.17) is 4.52 Å². The molecule has 0 bridgehead atoms. The molecule has 0 aromatic heterocycles. The van der Waals surface area contributed by atoms with E-state index in [0.717, 1.165) is 5.56 Å². The average Bonchev–Trinajstić information content (AvgIpc) is 2.47. The highest BCUT2D eigenvalue weighted by Crippen LogP contribution is 2.47. The molecule has 0 heterocycles. The first-order chi connectivity index (χ1) is 9.08. The molecule has 19 heavy (non-hydrogen) atoms. The van der Waals surface area contributed by atoms with E-state index in [0.29, 0.717) is 10.9 Å². The van der Waals surface area contributed by atoms with E-state index in [1.807, 2.05) is 19.1 Å². The van der Waals surface area contributed by atoms with Crippen LogP contribution in [0.15, 0.2) is 54.6 Å². The summed E-state index contributed by atoms with van der Waals surface area (Å²) in [6, 6.07) is 15.6. The quantitative estimate of drug-likeness (QED) is 0.803. The minimum atomic E-state index is -3.52. The lowest BCUT2D eigenvalue weighted by Crippen LogP contribution is -2.14. The molecule has 1 unspecified atom stereocenters. The predicted octanol–water partition coefficient (Wildman–Crippen LogP) is 3.39. The zero-order valence-corrected chi connectivity index (χ0v) is 11.8. The summed E-state index contributed by atoms with van der Waals surface area (Å²) in [5.74, 6) is 0. The smallest absolute Gasteiger partial charge is 0.300 e. The first kappa shape index (κ1) is 13.7. The molecule has 2 aromatic carbocycles. The second kappa shape index (κ2) is 5.52. The van der Waals surface area contributed by atoms with E-state index in [1.54, 1.807) is 42.5 Å². The zero-order valence-electron chi connectivity index (χ0n) is 10.9. The van der Waals surface area contributed by atoms with Crippen molar-refractivity contribution in [2.75, 3.05) is 7.11 Å². The van der Waals surface area contributed by atoms with Crippen molar-refractivity contribution in [3.8, 4) is 0 Å². The molecule has 0 fully saturated rings. The van der Waals surface area contributed by atoms with Crippen molar-refractivity contribution in [1.82, 2.24) is 0 Å². The number of hydrogen-bond donors (Lipinski definition) is 0. The normalized spacial score (nSPS) is 13.8. The van der Waals surface area contributed by atoms with Crippen molar-refractivity contribution in [2.45, 2.75) is 6.92 Å². The van der Waals surface area contributed by atoms with Gasteiger partial charge in [0, 0.05) is 18.0 Å². The number of benzene rings is 2. The Morgan fingerprint density at radius 3 is 2.11 bits per heavy atom. The van der Waals surface area contributed by atoms with E-state index in [2.05, 4.69) is 0 Å². The molecular formula is C15H15O3P. The Labute approximate surface area is 112 Å². The van der Waals surface area contributed by atoms with Crippen LogP contribution in [0.1, 0.15) is 15.9 Å². The summed E-state index contributed by atoms with van der Waals surface area (Å²) in [6.45, 7) is 1.93. The summed E-state index contributed by atoms with van der Waals surface area (Å²) in [5.41, 5.74) is 0.976. The van der Waals surface area contributed by atoms with Gasteiger partial charge in [-0.15, -0.1) is 0 Å². The van der Waals surface area contributed by atoms with Gasteiger partial charge in [-0.3, -0.25) is 9.36 Å². The number of hydrogen-bond acceptors (Lipinski definition) is 3. The first-order valence-electron chi connectivity index (χ1n) is 5.91. The Morgan fingerprint density at radius 2 is 1.58 bits per heavy atom. The molecular weight excluding hydrogens is 259 g/mol.